The van der Waals surface area contributed by atoms with E-state index in [0.717, 1.165) is 19.5 Å². The van der Waals surface area contributed by atoms with Crippen LogP contribution in [0.15, 0.2) is 54.6 Å². The van der Waals surface area contributed by atoms with E-state index in [2.05, 4.69) is 70.3 Å². The van der Waals surface area contributed by atoms with E-state index in [1.807, 2.05) is 17.2 Å². The Morgan fingerprint density at radius 1 is 1.21 bits per heavy atom. The van der Waals surface area contributed by atoms with Gasteiger partial charge in [-0.15, -0.1) is 11.3 Å². The smallest absolute Gasteiger partial charge is 0.0996 e. The molecule has 1 atom stereocenters. The third-order valence-electron chi connectivity index (χ3n) is 5.62. The second-order valence-corrected chi connectivity index (χ2v) is 8.82. The Kier molecular flexibility index (Phi) is 4.53. The van der Waals surface area contributed by atoms with Crippen LogP contribution in [0.4, 0.5) is 0 Å². The molecule has 1 fully saturated rings. The second kappa shape index (κ2) is 7.18. The lowest BCUT2D eigenvalue weighted by Crippen LogP contribution is -2.23. The summed E-state index contributed by atoms with van der Waals surface area (Å²) in [6, 6.07) is 9.49. The van der Waals surface area contributed by atoms with Crippen LogP contribution in [0.5, 0.6) is 0 Å². The zero-order chi connectivity index (χ0) is 19.1. The predicted octanol–water partition coefficient (Wildman–Crippen LogP) is 5.18. The van der Waals surface area contributed by atoms with Gasteiger partial charge in [0, 0.05) is 41.0 Å². The molecule has 1 aliphatic rings. The number of likely N-dealkylation sites (tertiary alicyclic amines) is 1. The van der Waals surface area contributed by atoms with Gasteiger partial charge in [0.2, 0.25) is 0 Å². The Labute approximate surface area is 169 Å². The first-order valence-electron chi connectivity index (χ1n) is 9.96. The highest BCUT2D eigenvalue weighted by Gasteiger charge is 2.29. The van der Waals surface area contributed by atoms with Crippen molar-refractivity contribution in [1.29, 1.82) is 0 Å². The van der Waals surface area contributed by atoms with Crippen molar-refractivity contribution < 1.29 is 0 Å². The van der Waals surface area contributed by atoms with Crippen LogP contribution in [0.2, 0.25) is 0 Å². The summed E-state index contributed by atoms with van der Waals surface area (Å²) in [5.41, 5.74) is 4.95. The van der Waals surface area contributed by atoms with Gasteiger partial charge in [-0.25, -0.2) is 4.98 Å². The fraction of sp³-hybridized carbons (Fsp3) is 0.364. The minimum atomic E-state index is 0.375. The van der Waals surface area contributed by atoms with E-state index in [1.165, 1.54) is 33.6 Å². The predicted molar refractivity (Wildman–Crippen MR) is 114 cm³/mol. The third kappa shape index (κ3) is 3.16. The van der Waals surface area contributed by atoms with Crippen molar-refractivity contribution in [3.63, 3.8) is 0 Å². The average molecular weight is 392 g/mol. The lowest BCUT2D eigenvalue weighted by molar-refractivity contribution is 0.246. The van der Waals surface area contributed by atoms with Gasteiger partial charge in [-0.1, -0.05) is 6.07 Å². The molecule has 0 N–H and O–H groups in total. The molecule has 0 aliphatic carbocycles. The van der Waals surface area contributed by atoms with Crippen molar-refractivity contribution in [2.45, 2.75) is 45.3 Å². The third-order valence-corrected chi connectivity index (χ3v) is 6.53. The van der Waals surface area contributed by atoms with Crippen molar-refractivity contribution >= 4 is 16.9 Å². The SMILES string of the molecule is CC(C)n1cc(CN2CCC[C@H]2c2ncn3cc(-c4cccs4)ccc23)cn1. The number of rotatable bonds is 5. The number of nitrogens with zero attached hydrogens (tertiary/aromatic N) is 5. The molecule has 5 rings (SSSR count). The first-order chi connectivity index (χ1) is 13.7. The van der Waals surface area contributed by atoms with E-state index >= 15 is 0 Å². The molecule has 4 aromatic heterocycles. The minimum absolute atomic E-state index is 0.375. The van der Waals surface area contributed by atoms with Gasteiger partial charge >= 0.3 is 0 Å². The normalized spacial score (nSPS) is 17.9. The summed E-state index contributed by atoms with van der Waals surface area (Å²) in [4.78, 5) is 8.68. The van der Waals surface area contributed by atoms with Crippen molar-refractivity contribution in [3.8, 4) is 10.4 Å². The number of pyridine rings is 1. The molecule has 5 heterocycles. The molecule has 0 saturated carbocycles. The van der Waals surface area contributed by atoms with E-state index in [4.69, 9.17) is 4.98 Å². The van der Waals surface area contributed by atoms with Gasteiger partial charge in [0.1, 0.15) is 0 Å². The molecule has 1 aliphatic heterocycles. The van der Waals surface area contributed by atoms with Gasteiger partial charge in [0.15, 0.2) is 0 Å². The first-order valence-corrected chi connectivity index (χ1v) is 10.8. The standard InChI is InChI=1S/C22H25N5S/c1-16(2)27-13-17(11-24-27)12-25-9-3-5-19(25)22-20-8-7-18(14-26(20)15-23-22)21-6-4-10-28-21/h4,6-8,10-11,13-16,19H,3,5,9,12H2,1-2H3/t19-/m0/s1. The van der Waals surface area contributed by atoms with Crippen LogP contribution in [-0.2, 0) is 6.54 Å². The van der Waals surface area contributed by atoms with Crippen molar-refractivity contribution in [1.82, 2.24) is 24.1 Å². The number of hydrogen-bond acceptors (Lipinski definition) is 4. The molecule has 0 spiro atoms. The number of hydrogen-bond donors (Lipinski definition) is 0. The van der Waals surface area contributed by atoms with E-state index < -0.39 is 0 Å². The molecular formula is C22H25N5S. The summed E-state index contributed by atoms with van der Waals surface area (Å²) in [5, 5.41) is 6.62. The molecule has 0 bridgehead atoms. The Balaban J connectivity index is 1.41. The first kappa shape index (κ1) is 17.6. The quantitative estimate of drug-likeness (QED) is 0.471. The Bertz CT molecular complexity index is 1080. The van der Waals surface area contributed by atoms with E-state index in [0.29, 0.717) is 12.1 Å². The van der Waals surface area contributed by atoms with Gasteiger partial charge < -0.3 is 4.40 Å². The monoisotopic (exact) mass is 391 g/mol. The van der Waals surface area contributed by atoms with Crippen molar-refractivity contribution in [2.24, 2.45) is 0 Å². The molecular weight excluding hydrogens is 366 g/mol. The molecule has 4 aromatic rings. The van der Waals surface area contributed by atoms with Crippen molar-refractivity contribution in [3.05, 3.63) is 65.8 Å². The molecule has 6 heteroatoms. The molecule has 144 valence electrons. The highest BCUT2D eigenvalue weighted by molar-refractivity contribution is 7.13. The summed E-state index contributed by atoms with van der Waals surface area (Å²) < 4.78 is 4.22. The highest BCUT2D eigenvalue weighted by atomic mass is 32.1. The van der Waals surface area contributed by atoms with Crippen molar-refractivity contribution in [2.75, 3.05) is 6.54 Å². The van der Waals surface area contributed by atoms with Crippen LogP contribution in [0.25, 0.3) is 16.0 Å². The van der Waals surface area contributed by atoms with Gasteiger partial charge in [-0.3, -0.25) is 9.58 Å². The highest BCUT2D eigenvalue weighted by Crippen LogP contribution is 2.35. The van der Waals surface area contributed by atoms with Crippen LogP contribution in [0, 0.1) is 0 Å². The number of aromatic nitrogens is 4. The van der Waals surface area contributed by atoms with Gasteiger partial charge in [0.25, 0.3) is 0 Å². The summed E-state index contributed by atoms with van der Waals surface area (Å²) in [5.74, 6) is 0. The molecule has 1 saturated heterocycles. The van der Waals surface area contributed by atoms with E-state index in [1.54, 1.807) is 11.3 Å². The summed E-state index contributed by atoms with van der Waals surface area (Å²) in [6.45, 7) is 6.38. The van der Waals surface area contributed by atoms with Crippen LogP contribution in [-0.4, -0.2) is 30.6 Å². The summed E-state index contributed by atoms with van der Waals surface area (Å²) in [7, 11) is 0. The van der Waals surface area contributed by atoms with Gasteiger partial charge in [0.05, 0.1) is 29.8 Å². The number of fused-ring (bicyclic) bond motifs is 1. The van der Waals surface area contributed by atoms with Crippen LogP contribution >= 0.6 is 11.3 Å². The Hall–Kier alpha value is -2.44. The summed E-state index contributed by atoms with van der Waals surface area (Å²) in [6.07, 6.45) is 10.7. The Morgan fingerprint density at radius 2 is 2.14 bits per heavy atom. The minimum Gasteiger partial charge on any atom is -0.305 e. The zero-order valence-electron chi connectivity index (χ0n) is 16.3. The summed E-state index contributed by atoms with van der Waals surface area (Å²) >= 11 is 1.77. The lowest BCUT2D eigenvalue weighted by atomic mass is 10.1. The maximum atomic E-state index is 4.83. The fourth-order valence-corrected chi connectivity index (χ4v) is 4.88. The van der Waals surface area contributed by atoms with E-state index in [9.17, 15) is 0 Å². The van der Waals surface area contributed by atoms with Gasteiger partial charge in [-0.2, -0.15) is 5.10 Å². The molecule has 0 unspecified atom stereocenters. The topological polar surface area (TPSA) is 38.4 Å². The molecule has 0 amide bonds. The maximum absolute atomic E-state index is 4.83. The molecule has 28 heavy (non-hydrogen) atoms. The fourth-order valence-electron chi connectivity index (χ4n) is 4.17. The molecule has 5 nitrogen and oxygen atoms in total. The van der Waals surface area contributed by atoms with Gasteiger partial charge in [-0.05, 0) is 56.8 Å². The lowest BCUT2D eigenvalue weighted by Gasteiger charge is -2.22. The number of thiophene rings is 1. The maximum Gasteiger partial charge on any atom is 0.0996 e. The second-order valence-electron chi connectivity index (χ2n) is 7.87. The zero-order valence-corrected chi connectivity index (χ0v) is 17.1. The van der Waals surface area contributed by atoms with E-state index in [-0.39, 0.29) is 0 Å². The largest absolute Gasteiger partial charge is 0.305 e. The van der Waals surface area contributed by atoms with Crippen LogP contribution in [0.3, 0.4) is 0 Å². The molecule has 0 aromatic carbocycles. The number of imidazole rings is 1. The molecule has 0 radical (unpaired) electrons. The average Bonchev–Trinajstić information content (AvgIpc) is 3.48. The Morgan fingerprint density at radius 3 is 2.93 bits per heavy atom. The van der Waals surface area contributed by atoms with Crippen LogP contribution < -0.4 is 0 Å². The van der Waals surface area contributed by atoms with Crippen LogP contribution in [0.1, 0.15) is 50.0 Å².